The zero-order valence-electron chi connectivity index (χ0n) is 14.1. The Hall–Kier alpha value is -2.90. The molecule has 1 aliphatic heterocycles. The number of carbonyl (C=O) groups is 4. The van der Waals surface area contributed by atoms with Gasteiger partial charge in [0.2, 0.25) is 11.8 Å². The van der Waals surface area contributed by atoms with Gasteiger partial charge in [-0.25, -0.2) is 0 Å². The lowest BCUT2D eigenvalue weighted by molar-refractivity contribution is -0.152. The molecular formula is C18H20N2O6. The van der Waals surface area contributed by atoms with Crippen LogP contribution in [0.1, 0.15) is 24.8 Å². The first-order valence-electron chi connectivity index (χ1n) is 8.50. The Kier molecular flexibility index (Phi) is 5.20. The molecule has 8 heteroatoms. The van der Waals surface area contributed by atoms with E-state index in [1.54, 1.807) is 0 Å². The van der Waals surface area contributed by atoms with E-state index in [9.17, 15) is 19.2 Å². The van der Waals surface area contributed by atoms with Gasteiger partial charge in [0, 0.05) is 19.5 Å². The molecular weight excluding hydrogens is 340 g/mol. The van der Waals surface area contributed by atoms with Crippen LogP contribution in [0, 0.1) is 5.92 Å². The molecule has 138 valence electrons. The lowest BCUT2D eigenvalue weighted by atomic mass is 9.94. The highest BCUT2D eigenvalue weighted by Gasteiger charge is 2.40. The number of ketones is 1. The number of nitrogens with zero attached hydrogens (tertiary/aromatic N) is 1. The maximum Gasteiger partial charge on any atom is 0.322 e. The number of ether oxygens (including phenoxy) is 1. The number of likely N-dealkylation sites (tertiary alicyclic amines) is 1. The second kappa shape index (κ2) is 7.55. The summed E-state index contributed by atoms with van der Waals surface area (Å²) in [6.07, 6.45) is 2.52. The Bertz CT molecular complexity index is 726. The summed E-state index contributed by atoms with van der Waals surface area (Å²) in [5.74, 6) is -3.87. The van der Waals surface area contributed by atoms with Crippen LogP contribution >= 0.6 is 0 Å². The van der Waals surface area contributed by atoms with Gasteiger partial charge in [0.25, 0.3) is 0 Å². The van der Waals surface area contributed by atoms with Crippen LogP contribution in [0.3, 0.4) is 0 Å². The zero-order valence-corrected chi connectivity index (χ0v) is 14.1. The van der Waals surface area contributed by atoms with E-state index in [2.05, 4.69) is 5.32 Å². The molecule has 2 amide bonds. The summed E-state index contributed by atoms with van der Waals surface area (Å²) in [6.45, 7) is -0.114. The fraction of sp³-hybridized carbons (Fsp3) is 0.444. The highest BCUT2D eigenvalue weighted by molar-refractivity contribution is 6.19. The average Bonchev–Trinajstić information content (AvgIpc) is 3.41. The summed E-state index contributed by atoms with van der Waals surface area (Å²) in [4.78, 5) is 48.5. The number of amides is 2. The molecule has 2 fully saturated rings. The van der Waals surface area contributed by atoms with Crippen molar-refractivity contribution in [2.75, 3.05) is 13.1 Å². The van der Waals surface area contributed by atoms with Gasteiger partial charge in [-0.2, -0.15) is 0 Å². The summed E-state index contributed by atoms with van der Waals surface area (Å²) < 4.78 is 5.67. The van der Waals surface area contributed by atoms with Crippen LogP contribution in [0.4, 0.5) is 0 Å². The minimum atomic E-state index is -1.47. The smallest absolute Gasteiger partial charge is 0.322 e. The van der Waals surface area contributed by atoms with Crippen molar-refractivity contribution in [3.8, 4) is 5.75 Å². The molecule has 1 aromatic rings. The molecule has 1 saturated carbocycles. The topological polar surface area (TPSA) is 113 Å². The van der Waals surface area contributed by atoms with Gasteiger partial charge in [-0.1, -0.05) is 12.1 Å². The van der Waals surface area contributed by atoms with E-state index in [0.717, 1.165) is 24.2 Å². The van der Waals surface area contributed by atoms with E-state index in [0.29, 0.717) is 6.10 Å². The molecule has 1 aromatic carbocycles. The summed E-state index contributed by atoms with van der Waals surface area (Å²) in [5, 5.41) is 10.7. The molecule has 26 heavy (non-hydrogen) atoms. The molecule has 3 rings (SSSR count). The maximum absolute atomic E-state index is 12.5. The van der Waals surface area contributed by atoms with Crippen molar-refractivity contribution in [2.45, 2.75) is 31.9 Å². The number of piperidine rings is 1. The van der Waals surface area contributed by atoms with Crippen molar-refractivity contribution >= 4 is 23.6 Å². The lowest BCUT2D eigenvalue weighted by Crippen LogP contribution is -2.52. The summed E-state index contributed by atoms with van der Waals surface area (Å²) in [5.41, 5.74) is 0.862. The third-order valence-electron chi connectivity index (χ3n) is 4.31. The quantitative estimate of drug-likeness (QED) is 0.678. The average molecular weight is 360 g/mol. The number of Topliss-reactive ketones (excluding diaryl/α,β-unsaturated/α-hetero) is 1. The van der Waals surface area contributed by atoms with E-state index in [-0.39, 0.29) is 19.5 Å². The van der Waals surface area contributed by atoms with Gasteiger partial charge >= 0.3 is 5.97 Å². The van der Waals surface area contributed by atoms with Crippen molar-refractivity contribution < 1.29 is 29.0 Å². The largest absolute Gasteiger partial charge is 0.490 e. The fourth-order valence-corrected chi connectivity index (χ4v) is 2.77. The molecule has 0 bridgehead atoms. The monoisotopic (exact) mass is 360 g/mol. The van der Waals surface area contributed by atoms with Gasteiger partial charge in [-0.15, -0.1) is 0 Å². The first-order chi connectivity index (χ1) is 12.4. The third kappa shape index (κ3) is 4.38. The molecule has 0 radical (unpaired) electrons. The van der Waals surface area contributed by atoms with E-state index in [1.165, 1.54) is 4.90 Å². The van der Waals surface area contributed by atoms with Crippen LogP contribution in [0.2, 0.25) is 0 Å². The number of carbonyl (C=O) groups excluding carboxylic acids is 3. The molecule has 2 aliphatic rings. The molecule has 1 atom stereocenters. The molecule has 2 N–H and O–H groups in total. The molecule has 1 aliphatic carbocycles. The Morgan fingerprint density at radius 3 is 2.50 bits per heavy atom. The summed E-state index contributed by atoms with van der Waals surface area (Å²) in [6, 6.07) is 7.37. The van der Waals surface area contributed by atoms with Crippen molar-refractivity contribution in [1.29, 1.82) is 0 Å². The SMILES string of the molecule is O=C(O)CNC(=O)C1C(=O)CCN(Cc2ccc(OC3CC3)cc2)C1=O. The second-order valence-corrected chi connectivity index (χ2v) is 6.48. The van der Waals surface area contributed by atoms with Gasteiger partial charge in [-0.3, -0.25) is 19.2 Å². The number of benzene rings is 1. The van der Waals surface area contributed by atoms with Crippen LogP contribution in [-0.2, 0) is 25.7 Å². The van der Waals surface area contributed by atoms with Crippen LogP contribution in [0.15, 0.2) is 24.3 Å². The second-order valence-electron chi connectivity index (χ2n) is 6.48. The number of nitrogens with one attached hydrogen (secondary N) is 1. The highest BCUT2D eigenvalue weighted by atomic mass is 16.5. The number of hydrogen-bond acceptors (Lipinski definition) is 5. The van der Waals surface area contributed by atoms with Crippen molar-refractivity contribution in [1.82, 2.24) is 10.2 Å². The Morgan fingerprint density at radius 2 is 1.88 bits per heavy atom. The molecule has 1 unspecified atom stereocenters. The van der Waals surface area contributed by atoms with E-state index >= 15 is 0 Å². The third-order valence-corrected chi connectivity index (χ3v) is 4.31. The lowest BCUT2D eigenvalue weighted by Gasteiger charge is -2.30. The van der Waals surface area contributed by atoms with E-state index in [4.69, 9.17) is 9.84 Å². The molecule has 1 heterocycles. The van der Waals surface area contributed by atoms with Crippen LogP contribution < -0.4 is 10.1 Å². The maximum atomic E-state index is 12.5. The Labute approximate surface area is 150 Å². The van der Waals surface area contributed by atoms with Gasteiger partial charge < -0.3 is 20.1 Å². The minimum absolute atomic E-state index is 0.0692. The van der Waals surface area contributed by atoms with E-state index in [1.807, 2.05) is 24.3 Å². The first kappa shape index (κ1) is 17.9. The standard InChI is InChI=1S/C18H20N2O6/c21-14-7-8-20(18(25)16(14)17(24)19-9-15(22)23)10-11-1-3-12(4-2-11)26-13-5-6-13/h1-4,13,16H,5-10H2,(H,19,24)(H,22,23). The van der Waals surface area contributed by atoms with Crippen molar-refractivity contribution in [2.24, 2.45) is 5.92 Å². The van der Waals surface area contributed by atoms with Gasteiger partial charge in [0.1, 0.15) is 12.3 Å². The van der Waals surface area contributed by atoms with Crippen LogP contribution in [0.25, 0.3) is 0 Å². The van der Waals surface area contributed by atoms with Crippen molar-refractivity contribution in [3.63, 3.8) is 0 Å². The number of hydrogen-bond donors (Lipinski definition) is 2. The Morgan fingerprint density at radius 1 is 1.19 bits per heavy atom. The summed E-state index contributed by atoms with van der Waals surface area (Å²) in [7, 11) is 0. The molecule has 0 aromatic heterocycles. The van der Waals surface area contributed by atoms with Crippen LogP contribution in [0.5, 0.6) is 5.75 Å². The highest BCUT2D eigenvalue weighted by Crippen LogP contribution is 2.27. The zero-order chi connectivity index (χ0) is 18.7. The number of aliphatic carboxylic acids is 1. The van der Waals surface area contributed by atoms with Gasteiger partial charge in [0.15, 0.2) is 11.7 Å². The number of carboxylic acids is 1. The Balaban J connectivity index is 1.62. The molecule has 0 spiro atoms. The number of rotatable bonds is 7. The van der Waals surface area contributed by atoms with Crippen LogP contribution in [-0.4, -0.2) is 52.8 Å². The normalized spacial score (nSPS) is 20.0. The van der Waals surface area contributed by atoms with Crippen molar-refractivity contribution in [3.05, 3.63) is 29.8 Å². The number of carboxylic acid groups (broad SMARTS) is 1. The first-order valence-corrected chi connectivity index (χ1v) is 8.50. The fourth-order valence-electron chi connectivity index (χ4n) is 2.77. The predicted molar refractivity (Wildman–Crippen MR) is 89.3 cm³/mol. The molecule has 1 saturated heterocycles. The minimum Gasteiger partial charge on any atom is -0.490 e. The predicted octanol–water partition coefficient (Wildman–Crippen LogP) is 0.346. The van der Waals surface area contributed by atoms with Gasteiger partial charge in [0.05, 0.1) is 6.10 Å². The van der Waals surface area contributed by atoms with Gasteiger partial charge in [-0.05, 0) is 30.5 Å². The van der Waals surface area contributed by atoms with E-state index < -0.39 is 36.0 Å². The molecule has 8 nitrogen and oxygen atoms in total. The summed E-state index contributed by atoms with van der Waals surface area (Å²) >= 11 is 0.